The van der Waals surface area contributed by atoms with Crippen LogP contribution in [0.15, 0.2) is 48.0 Å². The molecule has 0 aromatic heterocycles. The molecular formula is C22H24N2O2. The van der Waals surface area contributed by atoms with Crippen LogP contribution in [0.2, 0.25) is 0 Å². The van der Waals surface area contributed by atoms with Crippen molar-refractivity contribution in [2.24, 2.45) is 0 Å². The third kappa shape index (κ3) is 4.97. The molecule has 2 aromatic carbocycles. The van der Waals surface area contributed by atoms with Gasteiger partial charge in [-0.15, -0.1) is 0 Å². The van der Waals surface area contributed by atoms with E-state index in [9.17, 15) is 10.1 Å². The van der Waals surface area contributed by atoms with Gasteiger partial charge < -0.3 is 10.1 Å². The number of nitriles is 1. The summed E-state index contributed by atoms with van der Waals surface area (Å²) in [7, 11) is 0. The molecule has 0 saturated heterocycles. The molecule has 26 heavy (non-hydrogen) atoms. The second kappa shape index (κ2) is 8.87. The second-order valence-corrected chi connectivity index (χ2v) is 6.32. The standard InChI is InChI=1S/C22H24N2O2/c1-5-17(4)26-21-9-7-6-8-18(21)13-19(14-23)22(25)24-20-11-10-15(2)12-16(20)3/h6-13,17H,5H2,1-4H3,(H,24,25)/b19-13+/t17-/m1/s1. The van der Waals surface area contributed by atoms with E-state index in [1.165, 1.54) is 0 Å². The van der Waals surface area contributed by atoms with Crippen molar-refractivity contribution in [3.8, 4) is 11.8 Å². The number of hydrogen-bond donors (Lipinski definition) is 1. The van der Waals surface area contributed by atoms with Gasteiger partial charge in [0.05, 0.1) is 6.10 Å². The summed E-state index contributed by atoms with van der Waals surface area (Å²) in [5.74, 6) is 0.228. The number of nitrogens with zero attached hydrogens (tertiary/aromatic N) is 1. The number of ether oxygens (including phenoxy) is 1. The third-order valence-corrected chi connectivity index (χ3v) is 4.12. The number of carbonyl (C=O) groups is 1. The van der Waals surface area contributed by atoms with Crippen LogP contribution in [-0.4, -0.2) is 12.0 Å². The van der Waals surface area contributed by atoms with Crippen LogP contribution in [0.25, 0.3) is 6.08 Å². The smallest absolute Gasteiger partial charge is 0.266 e. The minimum absolute atomic E-state index is 0.0326. The monoisotopic (exact) mass is 348 g/mol. The lowest BCUT2D eigenvalue weighted by molar-refractivity contribution is -0.112. The van der Waals surface area contributed by atoms with E-state index in [-0.39, 0.29) is 11.7 Å². The molecule has 0 heterocycles. The molecule has 1 amide bonds. The molecule has 0 aliphatic heterocycles. The fourth-order valence-corrected chi connectivity index (χ4v) is 2.45. The SMILES string of the molecule is CC[C@@H](C)Oc1ccccc1/C=C(\C#N)C(=O)Nc1ccc(C)cc1C. The van der Waals surface area contributed by atoms with Crippen molar-refractivity contribution in [2.45, 2.75) is 40.2 Å². The molecule has 0 radical (unpaired) electrons. The molecule has 4 nitrogen and oxygen atoms in total. The Bertz CT molecular complexity index is 863. The van der Waals surface area contributed by atoms with Crippen LogP contribution in [0.1, 0.15) is 37.0 Å². The van der Waals surface area contributed by atoms with Gasteiger partial charge in [-0.1, -0.05) is 42.8 Å². The predicted molar refractivity (Wildman–Crippen MR) is 105 cm³/mol. The van der Waals surface area contributed by atoms with Gasteiger partial charge in [0.1, 0.15) is 17.4 Å². The third-order valence-electron chi connectivity index (χ3n) is 4.12. The molecule has 4 heteroatoms. The summed E-state index contributed by atoms with van der Waals surface area (Å²) in [5, 5.41) is 12.3. The number of aryl methyl sites for hydroxylation is 2. The molecule has 0 aliphatic carbocycles. The number of nitrogens with one attached hydrogen (secondary N) is 1. The van der Waals surface area contributed by atoms with Gasteiger partial charge in [0.25, 0.3) is 5.91 Å². The van der Waals surface area contributed by atoms with E-state index in [0.29, 0.717) is 17.0 Å². The van der Waals surface area contributed by atoms with Gasteiger partial charge in [-0.05, 0) is 51.0 Å². The average Bonchev–Trinajstić information content (AvgIpc) is 2.63. The van der Waals surface area contributed by atoms with Crippen LogP contribution in [0, 0.1) is 25.2 Å². The zero-order chi connectivity index (χ0) is 19.1. The molecule has 1 N–H and O–H groups in total. The van der Waals surface area contributed by atoms with Crippen LogP contribution in [-0.2, 0) is 4.79 Å². The van der Waals surface area contributed by atoms with Crippen molar-refractivity contribution in [3.63, 3.8) is 0 Å². The Hall–Kier alpha value is -3.06. The van der Waals surface area contributed by atoms with Crippen LogP contribution in [0.5, 0.6) is 5.75 Å². The summed E-state index contributed by atoms with van der Waals surface area (Å²) < 4.78 is 5.88. The Labute approximate surface area is 155 Å². The molecule has 0 spiro atoms. The van der Waals surface area contributed by atoms with Gasteiger partial charge in [0, 0.05) is 11.3 Å². The number of anilines is 1. The first kappa shape index (κ1) is 19.3. The van der Waals surface area contributed by atoms with Gasteiger partial charge in [-0.2, -0.15) is 5.26 Å². The van der Waals surface area contributed by atoms with Crippen molar-refractivity contribution < 1.29 is 9.53 Å². The molecule has 0 aliphatic rings. The molecule has 0 fully saturated rings. The largest absolute Gasteiger partial charge is 0.490 e. The first-order valence-corrected chi connectivity index (χ1v) is 8.70. The van der Waals surface area contributed by atoms with Crippen molar-refractivity contribution >= 4 is 17.7 Å². The highest BCUT2D eigenvalue weighted by atomic mass is 16.5. The number of hydrogen-bond acceptors (Lipinski definition) is 3. The average molecular weight is 348 g/mol. The maximum atomic E-state index is 12.5. The highest BCUT2D eigenvalue weighted by Crippen LogP contribution is 2.23. The van der Waals surface area contributed by atoms with Gasteiger partial charge in [-0.25, -0.2) is 0 Å². The zero-order valence-corrected chi connectivity index (χ0v) is 15.7. The fraction of sp³-hybridized carbons (Fsp3) is 0.273. The van der Waals surface area contributed by atoms with E-state index in [1.807, 2.05) is 76.2 Å². The van der Waals surface area contributed by atoms with E-state index in [1.54, 1.807) is 6.08 Å². The second-order valence-electron chi connectivity index (χ2n) is 6.32. The van der Waals surface area contributed by atoms with Crippen LogP contribution >= 0.6 is 0 Å². The van der Waals surface area contributed by atoms with Crippen LogP contribution < -0.4 is 10.1 Å². The Kier molecular flexibility index (Phi) is 6.57. The maximum absolute atomic E-state index is 12.5. The Balaban J connectivity index is 2.27. The van der Waals surface area contributed by atoms with Crippen molar-refractivity contribution in [2.75, 3.05) is 5.32 Å². The lowest BCUT2D eigenvalue weighted by Crippen LogP contribution is -2.14. The summed E-state index contributed by atoms with van der Waals surface area (Å²) in [5.41, 5.74) is 3.51. The zero-order valence-electron chi connectivity index (χ0n) is 15.7. The quantitative estimate of drug-likeness (QED) is 0.588. The molecular weight excluding hydrogens is 324 g/mol. The first-order chi connectivity index (χ1) is 12.4. The molecule has 0 bridgehead atoms. The Morgan fingerprint density at radius 2 is 2.00 bits per heavy atom. The lowest BCUT2D eigenvalue weighted by atomic mass is 10.1. The predicted octanol–water partition coefficient (Wildman–Crippen LogP) is 5.03. The summed E-state index contributed by atoms with van der Waals surface area (Å²) in [6.45, 7) is 7.95. The number of rotatable bonds is 6. The minimum Gasteiger partial charge on any atom is -0.490 e. The van der Waals surface area contributed by atoms with Gasteiger partial charge in [0.15, 0.2) is 0 Å². The fourth-order valence-electron chi connectivity index (χ4n) is 2.45. The molecule has 0 saturated carbocycles. The first-order valence-electron chi connectivity index (χ1n) is 8.70. The molecule has 1 atom stereocenters. The maximum Gasteiger partial charge on any atom is 0.266 e. The molecule has 134 valence electrons. The van der Waals surface area contributed by atoms with E-state index in [0.717, 1.165) is 17.5 Å². The van der Waals surface area contributed by atoms with Gasteiger partial charge >= 0.3 is 0 Å². The van der Waals surface area contributed by atoms with Gasteiger partial charge in [-0.3, -0.25) is 4.79 Å². The number of carbonyl (C=O) groups excluding carboxylic acids is 1. The van der Waals surface area contributed by atoms with E-state index in [2.05, 4.69) is 5.32 Å². The van der Waals surface area contributed by atoms with Crippen LogP contribution in [0.4, 0.5) is 5.69 Å². The lowest BCUT2D eigenvalue weighted by Gasteiger charge is -2.15. The van der Waals surface area contributed by atoms with Gasteiger partial charge in [0.2, 0.25) is 0 Å². The summed E-state index contributed by atoms with van der Waals surface area (Å²) in [6.07, 6.45) is 2.49. The van der Waals surface area contributed by atoms with E-state index >= 15 is 0 Å². The number of amides is 1. The number of para-hydroxylation sites is 1. The highest BCUT2D eigenvalue weighted by molar-refractivity contribution is 6.10. The topological polar surface area (TPSA) is 62.1 Å². The van der Waals surface area contributed by atoms with E-state index < -0.39 is 5.91 Å². The number of benzene rings is 2. The Morgan fingerprint density at radius 3 is 2.65 bits per heavy atom. The highest BCUT2D eigenvalue weighted by Gasteiger charge is 2.13. The normalized spacial score (nSPS) is 12.2. The van der Waals surface area contributed by atoms with Crippen molar-refractivity contribution in [1.82, 2.24) is 0 Å². The summed E-state index contributed by atoms with van der Waals surface area (Å²) in [6, 6.07) is 15.1. The van der Waals surface area contributed by atoms with Crippen molar-refractivity contribution in [3.05, 3.63) is 64.7 Å². The minimum atomic E-state index is -0.433. The molecule has 0 unspecified atom stereocenters. The Morgan fingerprint density at radius 1 is 1.27 bits per heavy atom. The molecule has 2 aromatic rings. The van der Waals surface area contributed by atoms with Crippen molar-refractivity contribution in [1.29, 1.82) is 5.26 Å². The van der Waals surface area contributed by atoms with E-state index in [4.69, 9.17) is 4.74 Å². The summed E-state index contributed by atoms with van der Waals surface area (Å²) >= 11 is 0. The molecule has 2 rings (SSSR count). The van der Waals surface area contributed by atoms with Crippen LogP contribution in [0.3, 0.4) is 0 Å². The summed E-state index contributed by atoms with van der Waals surface area (Å²) in [4.78, 5) is 12.5.